The Morgan fingerprint density at radius 1 is 1.40 bits per heavy atom. The van der Waals surface area contributed by atoms with Crippen molar-refractivity contribution in [2.24, 2.45) is 11.3 Å². The number of nitrogens with one attached hydrogen (secondary N) is 1. The molecule has 2 bridgehead atoms. The van der Waals surface area contributed by atoms with Gasteiger partial charge in [0.25, 0.3) is 0 Å². The van der Waals surface area contributed by atoms with Gasteiger partial charge in [-0.05, 0) is 44.4 Å². The predicted octanol–water partition coefficient (Wildman–Crippen LogP) is 1.36. The number of amides is 1. The standard InChI is InChI=1S/C14H21NO4S/c1-19-10-14(5-2-6-14)20(17,18)15-12(16)13-7-3-11(9-13)4-8-13/h3,7,11H,2,4-6,8-10H2,1H3,(H,15,16). The van der Waals surface area contributed by atoms with Crippen molar-refractivity contribution in [2.45, 2.75) is 43.3 Å². The number of hydrogen-bond donors (Lipinski definition) is 1. The molecule has 0 aromatic carbocycles. The van der Waals surface area contributed by atoms with E-state index in [2.05, 4.69) is 4.72 Å². The van der Waals surface area contributed by atoms with Gasteiger partial charge >= 0.3 is 0 Å². The van der Waals surface area contributed by atoms with Crippen LogP contribution < -0.4 is 4.72 Å². The molecule has 3 aliphatic rings. The van der Waals surface area contributed by atoms with Crippen molar-refractivity contribution >= 4 is 15.9 Å². The van der Waals surface area contributed by atoms with E-state index in [9.17, 15) is 13.2 Å². The number of allylic oxidation sites excluding steroid dienone is 1. The lowest BCUT2D eigenvalue weighted by Crippen LogP contribution is -2.57. The lowest BCUT2D eigenvalue weighted by Gasteiger charge is -2.40. The van der Waals surface area contributed by atoms with Gasteiger partial charge in [0.2, 0.25) is 15.9 Å². The average Bonchev–Trinajstić information content (AvgIpc) is 2.94. The summed E-state index contributed by atoms with van der Waals surface area (Å²) in [7, 11) is -2.17. The maximum Gasteiger partial charge on any atom is 0.243 e. The maximum atomic E-state index is 12.5. The predicted molar refractivity (Wildman–Crippen MR) is 74.4 cm³/mol. The van der Waals surface area contributed by atoms with Crippen molar-refractivity contribution in [3.8, 4) is 0 Å². The van der Waals surface area contributed by atoms with E-state index in [1.807, 2.05) is 12.2 Å². The monoisotopic (exact) mass is 299 g/mol. The highest BCUT2D eigenvalue weighted by Crippen LogP contribution is 2.49. The molecule has 1 amide bonds. The molecule has 0 radical (unpaired) electrons. The van der Waals surface area contributed by atoms with E-state index in [0.29, 0.717) is 18.8 Å². The molecule has 112 valence electrons. The van der Waals surface area contributed by atoms with E-state index in [-0.39, 0.29) is 12.5 Å². The van der Waals surface area contributed by atoms with Crippen LogP contribution in [-0.4, -0.2) is 32.8 Å². The zero-order chi connectivity index (χ0) is 14.4. The quantitative estimate of drug-likeness (QED) is 0.778. The fourth-order valence-corrected chi connectivity index (χ4v) is 5.45. The number of hydrogen-bond acceptors (Lipinski definition) is 4. The van der Waals surface area contributed by atoms with Gasteiger partial charge in [0.05, 0.1) is 12.0 Å². The molecule has 3 aliphatic carbocycles. The highest BCUT2D eigenvalue weighted by Gasteiger charge is 2.53. The van der Waals surface area contributed by atoms with Crippen LogP contribution in [0.3, 0.4) is 0 Å². The molecule has 2 fully saturated rings. The summed E-state index contributed by atoms with van der Waals surface area (Å²) < 4.78 is 31.6. The minimum atomic E-state index is -3.67. The first-order chi connectivity index (χ1) is 9.43. The molecule has 0 aromatic rings. The number of carbonyl (C=O) groups is 1. The van der Waals surface area contributed by atoms with Crippen LogP contribution in [0.25, 0.3) is 0 Å². The molecular weight excluding hydrogens is 278 g/mol. The van der Waals surface area contributed by atoms with Crippen LogP contribution in [0.5, 0.6) is 0 Å². The molecule has 3 rings (SSSR count). The first-order valence-electron chi connectivity index (χ1n) is 7.18. The number of carbonyl (C=O) groups excluding carboxylic acids is 1. The Labute approximate surface area is 119 Å². The maximum absolute atomic E-state index is 12.5. The van der Waals surface area contributed by atoms with E-state index in [0.717, 1.165) is 25.7 Å². The minimum absolute atomic E-state index is 0.154. The lowest BCUT2D eigenvalue weighted by molar-refractivity contribution is -0.126. The van der Waals surface area contributed by atoms with Crippen molar-refractivity contribution < 1.29 is 17.9 Å². The Balaban J connectivity index is 1.77. The Bertz CT molecular complexity index is 550. The summed E-state index contributed by atoms with van der Waals surface area (Å²) in [4.78, 5) is 12.4. The summed E-state index contributed by atoms with van der Waals surface area (Å²) in [6.45, 7) is 0.154. The first-order valence-corrected chi connectivity index (χ1v) is 8.67. The van der Waals surface area contributed by atoms with Crippen molar-refractivity contribution in [3.63, 3.8) is 0 Å². The van der Waals surface area contributed by atoms with Gasteiger partial charge in [0, 0.05) is 7.11 Å². The van der Waals surface area contributed by atoms with E-state index < -0.39 is 20.2 Å². The third-order valence-electron chi connectivity index (χ3n) is 5.20. The third kappa shape index (κ3) is 1.92. The largest absolute Gasteiger partial charge is 0.383 e. The van der Waals surface area contributed by atoms with E-state index in [1.165, 1.54) is 7.11 Å². The molecule has 0 aliphatic heterocycles. The fraction of sp³-hybridized carbons (Fsp3) is 0.786. The Hall–Kier alpha value is -0.880. The topological polar surface area (TPSA) is 72.5 Å². The summed E-state index contributed by atoms with van der Waals surface area (Å²) in [5, 5.41) is 0. The molecule has 6 heteroatoms. The van der Waals surface area contributed by atoms with Crippen LogP contribution in [0.2, 0.25) is 0 Å². The second-order valence-corrected chi connectivity index (χ2v) is 8.50. The lowest BCUT2D eigenvalue weighted by atomic mass is 9.85. The number of ether oxygens (including phenoxy) is 1. The summed E-state index contributed by atoms with van der Waals surface area (Å²) in [6, 6.07) is 0. The second-order valence-electron chi connectivity index (χ2n) is 6.42. The van der Waals surface area contributed by atoms with Gasteiger partial charge < -0.3 is 4.74 Å². The molecule has 2 atom stereocenters. The van der Waals surface area contributed by atoms with Gasteiger partial charge in [-0.25, -0.2) is 8.42 Å². The molecule has 5 nitrogen and oxygen atoms in total. The van der Waals surface area contributed by atoms with Crippen LogP contribution in [-0.2, 0) is 19.6 Å². The van der Waals surface area contributed by atoms with Crippen LogP contribution in [0.1, 0.15) is 38.5 Å². The molecule has 0 spiro atoms. The Morgan fingerprint density at radius 2 is 2.15 bits per heavy atom. The number of rotatable bonds is 5. The minimum Gasteiger partial charge on any atom is -0.383 e. The van der Waals surface area contributed by atoms with Gasteiger partial charge in [-0.15, -0.1) is 0 Å². The smallest absolute Gasteiger partial charge is 0.243 e. The van der Waals surface area contributed by atoms with Gasteiger partial charge in [-0.2, -0.15) is 0 Å². The van der Waals surface area contributed by atoms with Gasteiger partial charge in [-0.3, -0.25) is 9.52 Å². The van der Waals surface area contributed by atoms with Crippen molar-refractivity contribution in [1.29, 1.82) is 0 Å². The first kappa shape index (κ1) is 14.1. The van der Waals surface area contributed by atoms with Crippen molar-refractivity contribution in [3.05, 3.63) is 12.2 Å². The fourth-order valence-electron chi connectivity index (χ4n) is 3.69. The molecule has 1 N–H and O–H groups in total. The van der Waals surface area contributed by atoms with E-state index >= 15 is 0 Å². The molecule has 0 heterocycles. The molecular formula is C14H21NO4S. The van der Waals surface area contributed by atoms with Crippen molar-refractivity contribution in [1.82, 2.24) is 4.72 Å². The summed E-state index contributed by atoms with van der Waals surface area (Å²) in [6.07, 6.45) is 8.43. The molecule has 2 unspecified atom stereocenters. The molecule has 0 aromatic heterocycles. The normalized spacial score (nSPS) is 34.0. The second kappa shape index (κ2) is 4.56. The molecule has 20 heavy (non-hydrogen) atoms. The molecule has 2 saturated carbocycles. The summed E-state index contributed by atoms with van der Waals surface area (Å²) >= 11 is 0. The van der Waals surface area contributed by atoms with Crippen LogP contribution in [0.4, 0.5) is 0 Å². The summed E-state index contributed by atoms with van der Waals surface area (Å²) in [5.41, 5.74) is -0.588. The Kier molecular flexibility index (Phi) is 3.21. The SMILES string of the molecule is COCC1(S(=O)(=O)NC(=O)C23C=CC(CC2)C3)CCC1. The van der Waals surface area contributed by atoms with Crippen LogP contribution in [0.15, 0.2) is 12.2 Å². The zero-order valence-electron chi connectivity index (χ0n) is 11.7. The van der Waals surface area contributed by atoms with Crippen LogP contribution >= 0.6 is 0 Å². The van der Waals surface area contributed by atoms with Gasteiger partial charge in [0.15, 0.2) is 0 Å². The van der Waals surface area contributed by atoms with Gasteiger partial charge in [-0.1, -0.05) is 12.2 Å². The zero-order valence-corrected chi connectivity index (χ0v) is 12.5. The molecule has 0 saturated heterocycles. The Morgan fingerprint density at radius 3 is 2.55 bits per heavy atom. The highest BCUT2D eigenvalue weighted by molar-refractivity contribution is 7.91. The number of sulfonamides is 1. The average molecular weight is 299 g/mol. The van der Waals surface area contributed by atoms with Crippen molar-refractivity contribution in [2.75, 3.05) is 13.7 Å². The van der Waals surface area contributed by atoms with Gasteiger partial charge in [0.1, 0.15) is 4.75 Å². The number of fused-ring (bicyclic) bond motifs is 2. The van der Waals surface area contributed by atoms with Crippen LogP contribution in [0, 0.1) is 11.3 Å². The van der Waals surface area contributed by atoms with E-state index in [1.54, 1.807) is 0 Å². The van der Waals surface area contributed by atoms with E-state index in [4.69, 9.17) is 4.74 Å². The third-order valence-corrected chi connectivity index (χ3v) is 7.32. The highest BCUT2D eigenvalue weighted by atomic mass is 32.2. The number of methoxy groups -OCH3 is 1. The summed E-state index contributed by atoms with van der Waals surface area (Å²) in [5.74, 6) is 0.0937.